The fraction of sp³-hybridized carbons (Fsp3) is 0.933. The van der Waals surface area contributed by atoms with Crippen LogP contribution in [0.4, 0.5) is 13.2 Å². The number of hydrogen-bond acceptors (Lipinski definition) is 3. The van der Waals surface area contributed by atoms with Crippen LogP contribution in [0.2, 0.25) is 0 Å². The minimum absolute atomic E-state index is 0. The minimum Gasteiger partial charge on any atom is -0.356 e. The third-order valence-corrected chi connectivity index (χ3v) is 4.18. The Kier molecular flexibility index (Phi) is 11.2. The van der Waals surface area contributed by atoms with E-state index in [9.17, 15) is 13.2 Å². The van der Waals surface area contributed by atoms with Crippen molar-refractivity contribution in [2.45, 2.75) is 32.5 Å². The Labute approximate surface area is 160 Å². The predicted octanol–water partition coefficient (Wildman–Crippen LogP) is 1.99. The first-order valence-corrected chi connectivity index (χ1v) is 8.17. The van der Waals surface area contributed by atoms with Crippen LogP contribution >= 0.6 is 24.0 Å². The molecule has 1 rings (SSSR count). The van der Waals surface area contributed by atoms with Gasteiger partial charge in [-0.3, -0.25) is 9.89 Å². The lowest BCUT2D eigenvalue weighted by atomic mass is 10.0. The highest BCUT2D eigenvalue weighted by molar-refractivity contribution is 14.0. The molecule has 1 fully saturated rings. The summed E-state index contributed by atoms with van der Waals surface area (Å²) in [5.74, 6) is 0.883. The van der Waals surface area contributed by atoms with Gasteiger partial charge in [-0.25, -0.2) is 0 Å². The van der Waals surface area contributed by atoms with Crippen LogP contribution in [0.3, 0.4) is 0 Å². The Bertz CT molecular complexity index is 369. The van der Waals surface area contributed by atoms with E-state index < -0.39 is 12.6 Å². The minimum atomic E-state index is -4.15. The molecule has 0 aromatic rings. The average molecular weight is 465 g/mol. The molecule has 0 aliphatic carbocycles. The molecule has 1 unspecified atom stereocenters. The molecule has 144 valence electrons. The molecule has 1 heterocycles. The van der Waals surface area contributed by atoms with Gasteiger partial charge in [-0.15, -0.1) is 24.0 Å². The number of guanidine groups is 1. The van der Waals surface area contributed by atoms with Gasteiger partial charge in [0.25, 0.3) is 0 Å². The summed E-state index contributed by atoms with van der Waals surface area (Å²) in [6, 6.07) is 0.338. The third-order valence-electron chi connectivity index (χ3n) is 4.18. The number of rotatable bonds is 6. The molecular formula is C15H31F3IN5. The monoisotopic (exact) mass is 465 g/mol. The molecule has 0 saturated carbocycles. The highest BCUT2D eigenvalue weighted by Gasteiger charge is 2.27. The van der Waals surface area contributed by atoms with Crippen LogP contribution in [0.1, 0.15) is 20.3 Å². The van der Waals surface area contributed by atoms with Crippen molar-refractivity contribution in [3.63, 3.8) is 0 Å². The first-order chi connectivity index (χ1) is 10.7. The lowest BCUT2D eigenvalue weighted by Gasteiger charge is -2.40. The maximum Gasteiger partial charge on any atom is 0.390 e. The van der Waals surface area contributed by atoms with Crippen molar-refractivity contribution in [3.8, 4) is 0 Å². The molecule has 9 heteroatoms. The predicted molar refractivity (Wildman–Crippen MR) is 103 cm³/mol. The van der Waals surface area contributed by atoms with Gasteiger partial charge in [0, 0.05) is 52.4 Å². The molecule has 0 aromatic heterocycles. The first-order valence-electron chi connectivity index (χ1n) is 8.17. The molecule has 0 bridgehead atoms. The molecule has 1 saturated heterocycles. The van der Waals surface area contributed by atoms with E-state index in [2.05, 4.69) is 46.3 Å². The van der Waals surface area contributed by atoms with Crippen LogP contribution < -0.4 is 10.6 Å². The van der Waals surface area contributed by atoms with Gasteiger partial charge < -0.3 is 15.5 Å². The maximum atomic E-state index is 12.2. The lowest BCUT2D eigenvalue weighted by Crippen LogP contribution is -2.55. The van der Waals surface area contributed by atoms with Crippen molar-refractivity contribution >= 4 is 29.9 Å². The highest BCUT2D eigenvalue weighted by Crippen LogP contribution is 2.18. The molecule has 0 aromatic carbocycles. The average Bonchev–Trinajstić information content (AvgIpc) is 2.45. The van der Waals surface area contributed by atoms with E-state index in [4.69, 9.17) is 0 Å². The number of hydrogen-bond donors (Lipinski definition) is 2. The van der Waals surface area contributed by atoms with Gasteiger partial charge in [-0.1, -0.05) is 13.8 Å². The summed E-state index contributed by atoms with van der Waals surface area (Å²) < 4.78 is 36.6. The normalized spacial score (nSPS) is 19.1. The Morgan fingerprint density at radius 2 is 1.71 bits per heavy atom. The summed E-state index contributed by atoms with van der Waals surface area (Å²) in [4.78, 5) is 8.75. The summed E-state index contributed by atoms with van der Waals surface area (Å²) in [6.45, 7) is 8.97. The molecule has 1 aliphatic rings. The van der Waals surface area contributed by atoms with E-state index in [0.717, 1.165) is 26.2 Å². The van der Waals surface area contributed by atoms with Crippen LogP contribution in [0.25, 0.3) is 0 Å². The van der Waals surface area contributed by atoms with Gasteiger partial charge in [0.1, 0.15) is 0 Å². The number of aliphatic imine (C=N–C) groups is 1. The largest absolute Gasteiger partial charge is 0.390 e. The number of halogens is 4. The van der Waals surface area contributed by atoms with Crippen LogP contribution in [-0.4, -0.2) is 81.3 Å². The molecule has 5 nitrogen and oxygen atoms in total. The number of likely N-dealkylation sites (N-methyl/N-ethyl adjacent to an activating group) is 1. The maximum absolute atomic E-state index is 12.2. The van der Waals surface area contributed by atoms with Gasteiger partial charge in [-0.2, -0.15) is 13.2 Å². The highest BCUT2D eigenvalue weighted by atomic mass is 127. The van der Waals surface area contributed by atoms with Crippen molar-refractivity contribution in [1.82, 2.24) is 20.4 Å². The fourth-order valence-electron chi connectivity index (χ4n) is 2.68. The van der Waals surface area contributed by atoms with E-state index in [0.29, 0.717) is 24.5 Å². The zero-order chi connectivity index (χ0) is 17.5. The van der Waals surface area contributed by atoms with Gasteiger partial charge in [0.2, 0.25) is 0 Å². The molecule has 0 spiro atoms. The Morgan fingerprint density at radius 1 is 1.12 bits per heavy atom. The van der Waals surface area contributed by atoms with Crippen molar-refractivity contribution in [2.24, 2.45) is 10.9 Å². The topological polar surface area (TPSA) is 42.9 Å². The molecule has 0 radical (unpaired) electrons. The summed E-state index contributed by atoms with van der Waals surface area (Å²) >= 11 is 0. The van der Waals surface area contributed by atoms with Crippen molar-refractivity contribution in [2.75, 3.05) is 53.4 Å². The van der Waals surface area contributed by atoms with Gasteiger partial charge in [0.15, 0.2) is 5.96 Å². The molecule has 24 heavy (non-hydrogen) atoms. The quantitative estimate of drug-likeness (QED) is 0.358. The van der Waals surface area contributed by atoms with Crippen molar-refractivity contribution in [1.29, 1.82) is 0 Å². The van der Waals surface area contributed by atoms with Crippen LogP contribution in [0.15, 0.2) is 4.99 Å². The zero-order valence-electron chi connectivity index (χ0n) is 15.0. The van der Waals surface area contributed by atoms with Crippen molar-refractivity contribution < 1.29 is 13.2 Å². The van der Waals surface area contributed by atoms with E-state index in [-0.39, 0.29) is 30.5 Å². The Balaban J connectivity index is 0.00000529. The standard InChI is InChI=1S/C15H30F3N5.HI/c1-12(2)13(23-9-7-22(4)8-10-23)11-21-14(19-3)20-6-5-15(16,17)18;/h12-13H,5-11H2,1-4H3,(H2,19,20,21);1H. The first kappa shape index (κ1) is 23.7. The summed E-state index contributed by atoms with van der Waals surface area (Å²) in [5, 5.41) is 5.88. The molecule has 1 atom stereocenters. The fourth-order valence-corrected chi connectivity index (χ4v) is 2.68. The second-order valence-corrected chi connectivity index (χ2v) is 6.40. The second-order valence-electron chi connectivity index (χ2n) is 6.40. The number of nitrogens with one attached hydrogen (secondary N) is 2. The summed E-state index contributed by atoms with van der Waals surface area (Å²) in [7, 11) is 3.69. The van der Waals surface area contributed by atoms with Gasteiger partial charge >= 0.3 is 6.18 Å². The molecule has 0 amide bonds. The Morgan fingerprint density at radius 3 is 2.17 bits per heavy atom. The van der Waals surface area contributed by atoms with Crippen molar-refractivity contribution in [3.05, 3.63) is 0 Å². The second kappa shape index (κ2) is 11.3. The zero-order valence-corrected chi connectivity index (χ0v) is 17.3. The number of alkyl halides is 3. The van der Waals surface area contributed by atoms with Crippen LogP contribution in [0.5, 0.6) is 0 Å². The summed E-state index contributed by atoms with van der Waals surface area (Å²) in [6.07, 6.45) is -5.01. The van der Waals surface area contributed by atoms with Gasteiger partial charge in [-0.05, 0) is 13.0 Å². The Hall–Kier alpha value is -0.290. The SMILES string of the molecule is CN=C(NCCC(F)(F)F)NCC(C(C)C)N1CCN(C)CC1.I. The lowest BCUT2D eigenvalue weighted by molar-refractivity contribution is -0.132. The van der Waals surface area contributed by atoms with E-state index in [1.54, 1.807) is 7.05 Å². The van der Waals surface area contributed by atoms with Crippen LogP contribution in [-0.2, 0) is 0 Å². The number of piperazine rings is 1. The number of nitrogens with zero attached hydrogens (tertiary/aromatic N) is 3. The molecule has 2 N–H and O–H groups in total. The van der Waals surface area contributed by atoms with Gasteiger partial charge in [0.05, 0.1) is 6.42 Å². The molecule has 1 aliphatic heterocycles. The van der Waals surface area contributed by atoms with E-state index in [1.165, 1.54) is 0 Å². The molecular weight excluding hydrogens is 434 g/mol. The summed E-state index contributed by atoms with van der Waals surface area (Å²) in [5.41, 5.74) is 0. The van der Waals surface area contributed by atoms with Crippen LogP contribution in [0, 0.1) is 5.92 Å². The third kappa shape index (κ3) is 9.26. The van der Waals surface area contributed by atoms with E-state index >= 15 is 0 Å². The van der Waals surface area contributed by atoms with E-state index in [1.807, 2.05) is 0 Å². The smallest absolute Gasteiger partial charge is 0.356 e.